The second-order valence-electron chi connectivity index (χ2n) is 7.35. The van der Waals surface area contributed by atoms with Gasteiger partial charge in [0, 0.05) is 26.3 Å². The van der Waals surface area contributed by atoms with Gasteiger partial charge in [-0.25, -0.2) is 0 Å². The minimum atomic E-state index is -0.354. The van der Waals surface area contributed by atoms with Crippen LogP contribution in [0.2, 0.25) is 0 Å². The monoisotopic (exact) mass is 299 g/mol. The third-order valence-corrected chi connectivity index (χ3v) is 6.15. The first-order valence-electron chi connectivity index (χ1n) is 8.67. The highest BCUT2D eigenvalue weighted by Gasteiger charge is 2.49. The van der Waals surface area contributed by atoms with Crippen molar-refractivity contribution in [1.82, 2.24) is 4.90 Å². The number of nitrogens with zero attached hydrogens (tertiary/aromatic N) is 1. The number of hydrogen-bond donors (Lipinski definition) is 0. The Bertz CT molecular complexity index is 534. The number of amides is 1. The molecule has 0 unspecified atom stereocenters. The van der Waals surface area contributed by atoms with Crippen molar-refractivity contribution >= 4 is 5.91 Å². The van der Waals surface area contributed by atoms with E-state index in [2.05, 4.69) is 29.2 Å². The van der Waals surface area contributed by atoms with Gasteiger partial charge in [-0.2, -0.15) is 0 Å². The van der Waals surface area contributed by atoms with Gasteiger partial charge >= 0.3 is 0 Å². The maximum absolute atomic E-state index is 13.4. The Balaban J connectivity index is 1.59. The van der Waals surface area contributed by atoms with Crippen molar-refractivity contribution in [3.8, 4) is 0 Å². The van der Waals surface area contributed by atoms with Crippen LogP contribution in [0.1, 0.15) is 44.1 Å². The summed E-state index contributed by atoms with van der Waals surface area (Å²) in [6.07, 6.45) is 6.81. The van der Waals surface area contributed by atoms with Gasteiger partial charge in [-0.15, -0.1) is 0 Å². The lowest BCUT2D eigenvalue weighted by Gasteiger charge is -2.42. The third kappa shape index (κ3) is 2.36. The van der Waals surface area contributed by atoms with Gasteiger partial charge in [-0.1, -0.05) is 30.3 Å². The van der Waals surface area contributed by atoms with E-state index in [-0.39, 0.29) is 5.41 Å². The Labute approximate surface area is 132 Å². The fourth-order valence-corrected chi connectivity index (χ4v) is 4.27. The first-order valence-corrected chi connectivity index (χ1v) is 8.67. The molecule has 118 valence electrons. The Morgan fingerprint density at radius 2 is 1.55 bits per heavy atom. The van der Waals surface area contributed by atoms with Crippen LogP contribution in [0.15, 0.2) is 30.3 Å². The maximum atomic E-state index is 13.4. The topological polar surface area (TPSA) is 29.5 Å². The van der Waals surface area contributed by atoms with E-state index >= 15 is 0 Å². The highest BCUT2D eigenvalue weighted by molar-refractivity contribution is 5.88. The normalized spacial score (nSPS) is 25.9. The van der Waals surface area contributed by atoms with Crippen LogP contribution in [0.4, 0.5) is 0 Å². The van der Waals surface area contributed by atoms with Gasteiger partial charge in [0.25, 0.3) is 0 Å². The first kappa shape index (κ1) is 14.3. The lowest BCUT2D eigenvalue weighted by Crippen LogP contribution is -2.52. The Morgan fingerprint density at radius 1 is 0.909 bits per heavy atom. The molecule has 0 N–H and O–H groups in total. The summed E-state index contributed by atoms with van der Waals surface area (Å²) in [7, 11) is 0. The highest BCUT2D eigenvalue weighted by atomic mass is 16.5. The fourth-order valence-electron chi connectivity index (χ4n) is 4.27. The molecule has 3 heteroatoms. The molecule has 2 aliphatic heterocycles. The van der Waals surface area contributed by atoms with Crippen molar-refractivity contribution in [2.75, 3.05) is 26.3 Å². The molecule has 4 rings (SSSR count). The van der Waals surface area contributed by atoms with Crippen LogP contribution in [0.3, 0.4) is 0 Å². The average molecular weight is 299 g/mol. The van der Waals surface area contributed by atoms with Crippen molar-refractivity contribution in [1.29, 1.82) is 0 Å². The van der Waals surface area contributed by atoms with Gasteiger partial charge in [-0.05, 0) is 49.5 Å². The molecule has 22 heavy (non-hydrogen) atoms. The van der Waals surface area contributed by atoms with Gasteiger partial charge in [-0.3, -0.25) is 4.79 Å². The first-order chi connectivity index (χ1) is 10.7. The number of carbonyl (C=O) groups excluding carboxylic acids is 1. The van der Waals surface area contributed by atoms with E-state index in [1.165, 1.54) is 31.2 Å². The molecule has 3 fully saturated rings. The van der Waals surface area contributed by atoms with Crippen molar-refractivity contribution in [2.45, 2.75) is 43.9 Å². The van der Waals surface area contributed by atoms with Gasteiger partial charge < -0.3 is 9.64 Å². The maximum Gasteiger partial charge on any atom is 0.233 e. The van der Waals surface area contributed by atoms with Crippen molar-refractivity contribution in [2.24, 2.45) is 5.41 Å². The highest BCUT2D eigenvalue weighted by Crippen LogP contribution is 2.54. The molecule has 0 bridgehead atoms. The predicted octanol–water partition coefficient (Wildman–Crippen LogP) is 3.14. The van der Waals surface area contributed by atoms with Gasteiger partial charge in [0.2, 0.25) is 5.91 Å². The second kappa shape index (κ2) is 5.38. The molecule has 2 heterocycles. The second-order valence-corrected chi connectivity index (χ2v) is 7.35. The van der Waals surface area contributed by atoms with Crippen LogP contribution in [0, 0.1) is 5.41 Å². The zero-order valence-electron chi connectivity index (χ0n) is 13.2. The standard InChI is InChI=1S/C19H25NO2/c21-17(20-12-8-18(6-7-18)9-13-20)19(10-14-22-15-11-19)16-4-2-1-3-5-16/h1-5H,6-15H2. The molecule has 0 radical (unpaired) electrons. The number of carbonyl (C=O) groups is 1. The fraction of sp³-hybridized carbons (Fsp3) is 0.632. The lowest BCUT2D eigenvalue weighted by molar-refractivity contribution is -0.143. The van der Waals surface area contributed by atoms with Crippen LogP contribution in [-0.4, -0.2) is 37.1 Å². The van der Waals surface area contributed by atoms with Gasteiger partial charge in [0.1, 0.15) is 0 Å². The van der Waals surface area contributed by atoms with Crippen LogP contribution in [0.25, 0.3) is 0 Å². The zero-order valence-corrected chi connectivity index (χ0v) is 13.2. The van der Waals surface area contributed by atoms with Gasteiger partial charge in [0.15, 0.2) is 0 Å². The summed E-state index contributed by atoms with van der Waals surface area (Å²) in [5.41, 5.74) is 1.44. The number of hydrogen-bond acceptors (Lipinski definition) is 2. The summed E-state index contributed by atoms with van der Waals surface area (Å²) in [5.74, 6) is 0.345. The lowest BCUT2D eigenvalue weighted by atomic mass is 9.72. The molecule has 1 aromatic carbocycles. The number of piperidine rings is 1. The number of likely N-dealkylation sites (tertiary alicyclic amines) is 1. The third-order valence-electron chi connectivity index (χ3n) is 6.15. The summed E-state index contributed by atoms with van der Waals surface area (Å²) in [4.78, 5) is 15.5. The van der Waals surface area contributed by atoms with Crippen molar-refractivity contribution < 1.29 is 9.53 Å². The van der Waals surface area contributed by atoms with E-state index in [0.717, 1.165) is 25.9 Å². The van der Waals surface area contributed by atoms with Gasteiger partial charge in [0.05, 0.1) is 5.41 Å². The molecule has 3 aliphatic rings. The summed E-state index contributed by atoms with van der Waals surface area (Å²) in [5, 5.41) is 0. The molecule has 1 saturated carbocycles. The van der Waals surface area contributed by atoms with Crippen molar-refractivity contribution in [3.63, 3.8) is 0 Å². The quantitative estimate of drug-likeness (QED) is 0.839. The largest absolute Gasteiger partial charge is 0.381 e. The van der Waals surface area contributed by atoms with Crippen LogP contribution >= 0.6 is 0 Å². The minimum Gasteiger partial charge on any atom is -0.381 e. The summed E-state index contributed by atoms with van der Waals surface area (Å²) in [6.45, 7) is 3.29. The van der Waals surface area contributed by atoms with Crippen LogP contribution in [0.5, 0.6) is 0 Å². The average Bonchev–Trinajstić information content (AvgIpc) is 3.35. The summed E-state index contributed by atoms with van der Waals surface area (Å²) in [6, 6.07) is 10.4. The molecule has 3 nitrogen and oxygen atoms in total. The minimum absolute atomic E-state index is 0.345. The van der Waals surface area contributed by atoms with E-state index < -0.39 is 0 Å². The molecule has 1 aliphatic carbocycles. The molecular formula is C19H25NO2. The van der Waals surface area contributed by atoms with E-state index in [4.69, 9.17) is 4.74 Å². The Hall–Kier alpha value is -1.35. The summed E-state index contributed by atoms with van der Waals surface area (Å²) >= 11 is 0. The molecular weight excluding hydrogens is 274 g/mol. The number of ether oxygens (including phenoxy) is 1. The molecule has 0 aromatic heterocycles. The zero-order chi connectivity index (χ0) is 15.0. The van der Waals surface area contributed by atoms with E-state index in [1.54, 1.807) is 0 Å². The molecule has 1 amide bonds. The molecule has 2 saturated heterocycles. The predicted molar refractivity (Wildman–Crippen MR) is 85.7 cm³/mol. The SMILES string of the molecule is O=C(N1CCC2(CC1)CC2)C1(c2ccccc2)CCOCC1. The Kier molecular flexibility index (Phi) is 3.48. The molecule has 1 spiro atoms. The van der Waals surface area contributed by atoms with Crippen LogP contribution in [-0.2, 0) is 14.9 Å². The van der Waals surface area contributed by atoms with Crippen molar-refractivity contribution in [3.05, 3.63) is 35.9 Å². The smallest absolute Gasteiger partial charge is 0.233 e. The van der Waals surface area contributed by atoms with Crippen LogP contribution < -0.4 is 0 Å². The summed E-state index contributed by atoms with van der Waals surface area (Å²) < 4.78 is 5.56. The molecule has 0 atom stereocenters. The Morgan fingerprint density at radius 3 is 2.14 bits per heavy atom. The van der Waals surface area contributed by atoms with E-state index in [0.29, 0.717) is 24.5 Å². The number of benzene rings is 1. The molecule has 1 aromatic rings. The van der Waals surface area contributed by atoms with E-state index in [1.807, 2.05) is 6.07 Å². The van der Waals surface area contributed by atoms with E-state index in [9.17, 15) is 4.79 Å². The number of rotatable bonds is 2.